The summed E-state index contributed by atoms with van der Waals surface area (Å²) in [5, 5.41) is 5.01. The van der Waals surface area contributed by atoms with E-state index < -0.39 is 10.3 Å². The van der Waals surface area contributed by atoms with Gasteiger partial charge < -0.3 is 4.18 Å². The Hall–Kier alpha value is -2.51. The van der Waals surface area contributed by atoms with Crippen LogP contribution in [0.1, 0.15) is 55.2 Å². The van der Waals surface area contributed by atoms with Crippen LogP contribution in [0, 0.1) is 17.3 Å². The first kappa shape index (κ1) is 20.4. The predicted molar refractivity (Wildman–Crippen MR) is 117 cm³/mol. The van der Waals surface area contributed by atoms with Gasteiger partial charge in [-0.15, -0.1) is 0 Å². The fraction of sp³-hybridized carbons (Fsp3) is 0.417. The molecule has 2 saturated carbocycles. The Labute approximate surface area is 182 Å². The SMILES string of the molecule is C[C@]12CCC3c4ccc(OS(N)(=O)=O)cc4CCC3C1C/C(=C\c1ccncc1)C2=O. The second-order valence-electron chi connectivity index (χ2n) is 9.29. The maximum Gasteiger partial charge on any atom is 0.380 e. The van der Waals surface area contributed by atoms with Gasteiger partial charge in [-0.2, -0.15) is 13.6 Å². The lowest BCUT2D eigenvalue weighted by Crippen LogP contribution is -2.42. The van der Waals surface area contributed by atoms with Crippen LogP contribution in [-0.2, 0) is 21.5 Å². The molecule has 7 heteroatoms. The van der Waals surface area contributed by atoms with Crippen molar-refractivity contribution in [2.75, 3.05) is 0 Å². The van der Waals surface area contributed by atoms with Gasteiger partial charge in [0.25, 0.3) is 0 Å². The molecule has 2 aromatic rings. The quantitative estimate of drug-likeness (QED) is 0.735. The molecule has 6 nitrogen and oxygen atoms in total. The summed E-state index contributed by atoms with van der Waals surface area (Å²) < 4.78 is 27.4. The third-order valence-electron chi connectivity index (χ3n) is 7.60. The third kappa shape index (κ3) is 3.59. The molecule has 0 aliphatic heterocycles. The summed E-state index contributed by atoms with van der Waals surface area (Å²) >= 11 is 0. The molecular weight excluding hydrogens is 412 g/mol. The first-order valence-electron chi connectivity index (χ1n) is 10.7. The number of carbonyl (C=O) groups excluding carboxylic acids is 1. The molecule has 3 aliphatic carbocycles. The molecule has 0 amide bonds. The minimum absolute atomic E-state index is 0.263. The molecule has 1 heterocycles. The Morgan fingerprint density at radius 2 is 1.97 bits per heavy atom. The number of aryl methyl sites for hydroxylation is 1. The van der Waals surface area contributed by atoms with Crippen LogP contribution in [-0.4, -0.2) is 19.2 Å². The number of hydrogen-bond donors (Lipinski definition) is 1. The van der Waals surface area contributed by atoms with Gasteiger partial charge in [0.15, 0.2) is 5.78 Å². The van der Waals surface area contributed by atoms with Crippen LogP contribution in [0.3, 0.4) is 0 Å². The number of Topliss-reactive ketones (excluding diaryl/α,β-unsaturated/α-hetero) is 1. The second kappa shape index (κ2) is 7.28. The Kier molecular flexibility index (Phi) is 4.79. The lowest BCUT2D eigenvalue weighted by molar-refractivity contribution is -0.127. The number of benzene rings is 1. The molecular formula is C24H26N2O4S. The zero-order chi connectivity index (χ0) is 21.8. The average Bonchev–Trinajstić information content (AvgIpc) is 2.98. The summed E-state index contributed by atoms with van der Waals surface area (Å²) in [6, 6.07) is 9.35. The number of fused-ring (bicyclic) bond motifs is 5. The van der Waals surface area contributed by atoms with Crippen molar-refractivity contribution in [3.8, 4) is 5.75 Å². The minimum Gasteiger partial charge on any atom is -0.371 e. The van der Waals surface area contributed by atoms with Gasteiger partial charge in [0.1, 0.15) is 5.75 Å². The Morgan fingerprint density at radius 3 is 2.71 bits per heavy atom. The van der Waals surface area contributed by atoms with Gasteiger partial charge in [0.05, 0.1) is 0 Å². The van der Waals surface area contributed by atoms with Crippen LogP contribution in [0.2, 0.25) is 0 Å². The van der Waals surface area contributed by atoms with Gasteiger partial charge in [-0.25, -0.2) is 0 Å². The molecule has 2 fully saturated rings. The molecule has 4 atom stereocenters. The van der Waals surface area contributed by atoms with E-state index in [1.807, 2.05) is 24.3 Å². The predicted octanol–water partition coefficient (Wildman–Crippen LogP) is 3.78. The Morgan fingerprint density at radius 1 is 1.19 bits per heavy atom. The number of nitrogens with zero attached hydrogens (tertiary/aromatic N) is 1. The van der Waals surface area contributed by atoms with Gasteiger partial charge in [-0.05, 0) is 102 Å². The van der Waals surface area contributed by atoms with Crippen molar-refractivity contribution in [2.24, 2.45) is 22.4 Å². The van der Waals surface area contributed by atoms with Crippen LogP contribution in [0.15, 0.2) is 48.3 Å². The zero-order valence-electron chi connectivity index (χ0n) is 17.5. The first-order chi connectivity index (χ1) is 14.7. The zero-order valence-corrected chi connectivity index (χ0v) is 18.3. The van der Waals surface area contributed by atoms with Gasteiger partial charge in [-0.1, -0.05) is 13.0 Å². The molecule has 0 bridgehead atoms. The largest absolute Gasteiger partial charge is 0.380 e. The smallest absolute Gasteiger partial charge is 0.371 e. The van der Waals surface area contributed by atoms with Crippen LogP contribution in [0.25, 0.3) is 6.08 Å². The third-order valence-corrected chi connectivity index (χ3v) is 8.02. The summed E-state index contributed by atoms with van der Waals surface area (Å²) in [6.45, 7) is 2.15. The number of nitrogens with two attached hydrogens (primary N) is 1. The van der Waals surface area contributed by atoms with Gasteiger partial charge in [-0.3, -0.25) is 9.78 Å². The van der Waals surface area contributed by atoms with Crippen LogP contribution in [0.4, 0.5) is 0 Å². The van der Waals surface area contributed by atoms with E-state index in [4.69, 9.17) is 9.32 Å². The first-order valence-corrected chi connectivity index (χ1v) is 12.2. The highest BCUT2D eigenvalue weighted by atomic mass is 32.2. The van der Waals surface area contributed by atoms with Crippen LogP contribution >= 0.6 is 0 Å². The number of hydrogen-bond acceptors (Lipinski definition) is 5. The molecule has 0 spiro atoms. The minimum atomic E-state index is -4.03. The van der Waals surface area contributed by atoms with Crippen molar-refractivity contribution in [3.63, 3.8) is 0 Å². The highest BCUT2D eigenvalue weighted by Gasteiger charge is 2.56. The van der Waals surface area contributed by atoms with E-state index in [9.17, 15) is 13.2 Å². The summed E-state index contributed by atoms with van der Waals surface area (Å²) in [4.78, 5) is 17.5. The van der Waals surface area contributed by atoms with Gasteiger partial charge >= 0.3 is 10.3 Å². The molecule has 5 rings (SSSR count). The molecule has 31 heavy (non-hydrogen) atoms. The normalized spacial score (nSPS) is 31.1. The molecule has 3 unspecified atom stereocenters. The summed E-state index contributed by atoms with van der Waals surface area (Å²) in [5.41, 5.74) is 4.05. The highest BCUT2D eigenvalue weighted by molar-refractivity contribution is 7.84. The van der Waals surface area contributed by atoms with Crippen molar-refractivity contribution < 1.29 is 17.4 Å². The molecule has 1 aromatic carbocycles. The van der Waals surface area contributed by atoms with E-state index in [2.05, 4.69) is 11.9 Å². The number of aromatic nitrogens is 1. The van der Waals surface area contributed by atoms with E-state index in [1.165, 1.54) is 5.56 Å². The van der Waals surface area contributed by atoms with Gasteiger partial charge in [0.2, 0.25) is 0 Å². The average molecular weight is 439 g/mol. The fourth-order valence-electron chi connectivity index (χ4n) is 6.20. The molecule has 3 aliphatic rings. The van der Waals surface area contributed by atoms with Gasteiger partial charge in [0, 0.05) is 17.8 Å². The lowest BCUT2D eigenvalue weighted by atomic mass is 9.55. The molecule has 0 saturated heterocycles. The number of allylic oxidation sites excluding steroid dienone is 1. The van der Waals surface area contributed by atoms with Crippen molar-refractivity contribution in [1.82, 2.24) is 4.98 Å². The second-order valence-corrected chi connectivity index (χ2v) is 10.4. The number of carbonyl (C=O) groups is 1. The van der Waals surface area contributed by atoms with Crippen molar-refractivity contribution >= 4 is 22.2 Å². The van der Waals surface area contributed by atoms with Crippen LogP contribution < -0.4 is 9.32 Å². The molecule has 1 aromatic heterocycles. The van der Waals surface area contributed by atoms with E-state index in [0.717, 1.165) is 48.8 Å². The number of pyridine rings is 1. The summed E-state index contributed by atoms with van der Waals surface area (Å²) in [6.07, 6.45) is 10.0. The lowest BCUT2D eigenvalue weighted by Gasteiger charge is -2.48. The summed E-state index contributed by atoms with van der Waals surface area (Å²) in [5.74, 6) is 1.73. The fourth-order valence-corrected chi connectivity index (χ4v) is 6.58. The van der Waals surface area contributed by atoms with E-state index in [0.29, 0.717) is 23.5 Å². The van der Waals surface area contributed by atoms with E-state index in [1.54, 1.807) is 24.5 Å². The van der Waals surface area contributed by atoms with Crippen molar-refractivity contribution in [2.45, 2.75) is 44.9 Å². The van der Waals surface area contributed by atoms with E-state index in [-0.39, 0.29) is 11.2 Å². The topological polar surface area (TPSA) is 99.3 Å². The number of ketones is 1. The molecule has 2 N–H and O–H groups in total. The standard InChI is InChI=1S/C24H26N2O4S/c1-24-9-6-20-19-5-3-18(30-31(25,28)29)13-16(19)2-4-21(20)22(24)14-17(23(24)27)12-15-7-10-26-11-8-15/h3,5,7-8,10-13,20-22H,2,4,6,9,14H2,1H3,(H2,25,28,29)/b17-12+/t20?,21?,22?,24-/m0/s1. The Balaban J connectivity index is 1.44. The Bertz CT molecular complexity index is 1180. The molecule has 162 valence electrons. The van der Waals surface area contributed by atoms with Crippen molar-refractivity contribution in [1.29, 1.82) is 0 Å². The van der Waals surface area contributed by atoms with Crippen molar-refractivity contribution in [3.05, 3.63) is 65.0 Å². The highest BCUT2D eigenvalue weighted by Crippen LogP contribution is 2.60. The molecule has 0 radical (unpaired) electrons. The maximum atomic E-state index is 13.4. The number of rotatable bonds is 3. The monoisotopic (exact) mass is 438 g/mol. The summed E-state index contributed by atoms with van der Waals surface area (Å²) in [7, 11) is -4.03. The van der Waals surface area contributed by atoms with Crippen LogP contribution in [0.5, 0.6) is 5.75 Å². The maximum absolute atomic E-state index is 13.4. The van der Waals surface area contributed by atoms with E-state index >= 15 is 0 Å².